The molecule has 0 amide bonds. The number of hydrogen-bond donors (Lipinski definition) is 1. The van der Waals surface area contributed by atoms with Crippen molar-refractivity contribution in [1.82, 2.24) is 0 Å². The van der Waals surface area contributed by atoms with Gasteiger partial charge in [0.15, 0.2) is 5.06 Å². The van der Waals surface area contributed by atoms with Gasteiger partial charge in [-0.25, -0.2) is 4.79 Å². The van der Waals surface area contributed by atoms with Crippen molar-refractivity contribution in [2.24, 2.45) is 0 Å². The summed E-state index contributed by atoms with van der Waals surface area (Å²) in [6, 6.07) is 0. The fourth-order valence-corrected chi connectivity index (χ4v) is 2.56. The van der Waals surface area contributed by atoms with Crippen molar-refractivity contribution in [1.29, 1.82) is 0 Å². The second-order valence-electron chi connectivity index (χ2n) is 2.81. The SMILES string of the molecule is CC.CCCOc1sc(C(=O)O)c(C)c1Br. The average molecular weight is 309 g/mol. The van der Waals surface area contributed by atoms with Gasteiger partial charge in [-0.05, 0) is 34.8 Å². The van der Waals surface area contributed by atoms with Crippen molar-refractivity contribution in [3.8, 4) is 5.06 Å². The first kappa shape index (κ1) is 15.4. The minimum Gasteiger partial charge on any atom is -0.483 e. The summed E-state index contributed by atoms with van der Waals surface area (Å²) in [7, 11) is 0. The van der Waals surface area contributed by atoms with E-state index in [1.165, 1.54) is 11.3 Å². The zero-order valence-corrected chi connectivity index (χ0v) is 12.4. The molecule has 0 spiro atoms. The highest BCUT2D eigenvalue weighted by molar-refractivity contribution is 9.10. The maximum absolute atomic E-state index is 10.8. The number of rotatable bonds is 4. The molecule has 1 heterocycles. The molecule has 0 aliphatic rings. The minimum absolute atomic E-state index is 0.336. The predicted octanol–water partition coefficient (Wildman–Crippen LogP) is 4.33. The van der Waals surface area contributed by atoms with Crippen molar-refractivity contribution in [3.63, 3.8) is 0 Å². The van der Waals surface area contributed by atoms with Crippen LogP contribution >= 0.6 is 27.3 Å². The zero-order chi connectivity index (χ0) is 12.7. The second kappa shape index (κ2) is 7.68. The Balaban J connectivity index is 0.00000106. The molecule has 1 rings (SSSR count). The van der Waals surface area contributed by atoms with Crippen molar-refractivity contribution in [2.45, 2.75) is 34.1 Å². The van der Waals surface area contributed by atoms with E-state index in [0.717, 1.165) is 16.5 Å². The third-order valence-corrected chi connectivity index (χ3v) is 4.08. The van der Waals surface area contributed by atoms with Crippen LogP contribution in [0.3, 0.4) is 0 Å². The minimum atomic E-state index is -0.903. The monoisotopic (exact) mass is 308 g/mol. The summed E-state index contributed by atoms with van der Waals surface area (Å²) in [5, 5.41) is 9.52. The molecule has 1 aromatic rings. The van der Waals surface area contributed by atoms with Crippen LogP contribution in [-0.4, -0.2) is 17.7 Å². The van der Waals surface area contributed by atoms with Crippen LogP contribution in [0.25, 0.3) is 0 Å². The average Bonchev–Trinajstić information content (AvgIpc) is 2.56. The summed E-state index contributed by atoms with van der Waals surface area (Å²) in [5.74, 6) is -0.903. The quantitative estimate of drug-likeness (QED) is 0.900. The molecule has 0 atom stereocenters. The summed E-state index contributed by atoms with van der Waals surface area (Å²) in [4.78, 5) is 11.1. The van der Waals surface area contributed by atoms with Crippen molar-refractivity contribution in [3.05, 3.63) is 14.9 Å². The molecule has 1 aromatic heterocycles. The Morgan fingerprint density at radius 2 is 2.06 bits per heavy atom. The molecule has 0 saturated heterocycles. The van der Waals surface area contributed by atoms with Crippen LogP contribution in [0.15, 0.2) is 4.47 Å². The molecular formula is C11H17BrO3S. The summed E-state index contributed by atoms with van der Waals surface area (Å²) in [6.07, 6.45) is 0.909. The van der Waals surface area contributed by atoms with Gasteiger partial charge in [-0.2, -0.15) is 0 Å². The Kier molecular flexibility index (Phi) is 7.42. The summed E-state index contributed by atoms with van der Waals surface area (Å²) >= 11 is 4.49. The molecule has 0 aromatic carbocycles. The van der Waals surface area contributed by atoms with E-state index in [4.69, 9.17) is 9.84 Å². The van der Waals surface area contributed by atoms with Crippen LogP contribution < -0.4 is 4.74 Å². The first-order valence-electron chi connectivity index (χ1n) is 5.22. The molecule has 5 heteroatoms. The van der Waals surface area contributed by atoms with E-state index in [9.17, 15) is 4.79 Å². The van der Waals surface area contributed by atoms with Crippen LogP contribution in [-0.2, 0) is 0 Å². The number of carboxylic acid groups (broad SMARTS) is 1. The lowest BCUT2D eigenvalue weighted by molar-refractivity contribution is 0.0701. The second-order valence-corrected chi connectivity index (χ2v) is 4.59. The molecule has 0 fully saturated rings. The zero-order valence-electron chi connectivity index (χ0n) is 9.96. The molecule has 16 heavy (non-hydrogen) atoms. The number of halogens is 1. The number of thiophene rings is 1. The van der Waals surface area contributed by atoms with Gasteiger partial charge in [0.25, 0.3) is 0 Å². The van der Waals surface area contributed by atoms with E-state index in [1.54, 1.807) is 6.92 Å². The van der Waals surface area contributed by atoms with Crippen LogP contribution in [0.4, 0.5) is 0 Å². The molecule has 0 aliphatic heterocycles. The van der Waals surface area contributed by atoms with Crippen LogP contribution in [0.5, 0.6) is 5.06 Å². The number of aromatic carboxylic acids is 1. The summed E-state index contributed by atoms with van der Waals surface area (Å²) in [6.45, 7) is 8.38. The van der Waals surface area contributed by atoms with E-state index in [2.05, 4.69) is 15.9 Å². The summed E-state index contributed by atoms with van der Waals surface area (Å²) in [5.41, 5.74) is 0.730. The largest absolute Gasteiger partial charge is 0.483 e. The Hall–Kier alpha value is -0.550. The van der Waals surface area contributed by atoms with E-state index >= 15 is 0 Å². The molecule has 92 valence electrons. The topological polar surface area (TPSA) is 46.5 Å². The molecule has 1 N–H and O–H groups in total. The maximum Gasteiger partial charge on any atom is 0.346 e. The molecular weight excluding hydrogens is 292 g/mol. The standard InChI is InChI=1S/C9H11BrO3S.C2H6/c1-3-4-13-9-6(10)5(2)7(14-9)8(11)12;1-2/h3-4H2,1-2H3,(H,11,12);1-2H3. The molecule has 3 nitrogen and oxygen atoms in total. The number of ether oxygens (including phenoxy) is 1. The highest BCUT2D eigenvalue weighted by Gasteiger charge is 2.18. The smallest absolute Gasteiger partial charge is 0.346 e. The Bertz CT molecular complexity index is 347. The number of carboxylic acids is 1. The molecule has 0 bridgehead atoms. The number of carbonyl (C=O) groups is 1. The van der Waals surface area contributed by atoms with Crippen LogP contribution in [0.1, 0.15) is 42.4 Å². The fraction of sp³-hybridized carbons (Fsp3) is 0.545. The lowest BCUT2D eigenvalue weighted by Gasteiger charge is -2.00. The molecule has 0 aliphatic carbocycles. The first-order valence-corrected chi connectivity index (χ1v) is 6.83. The Morgan fingerprint density at radius 3 is 2.44 bits per heavy atom. The lowest BCUT2D eigenvalue weighted by atomic mass is 10.3. The van der Waals surface area contributed by atoms with E-state index < -0.39 is 5.97 Å². The van der Waals surface area contributed by atoms with Gasteiger partial charge < -0.3 is 9.84 Å². The van der Waals surface area contributed by atoms with Gasteiger partial charge in [-0.3, -0.25) is 0 Å². The van der Waals surface area contributed by atoms with Gasteiger partial charge in [-0.1, -0.05) is 32.1 Å². The lowest BCUT2D eigenvalue weighted by Crippen LogP contribution is -1.93. The Labute approximate surface area is 109 Å². The van der Waals surface area contributed by atoms with Gasteiger partial charge in [0.05, 0.1) is 11.1 Å². The maximum atomic E-state index is 10.8. The highest BCUT2D eigenvalue weighted by Crippen LogP contribution is 2.39. The van der Waals surface area contributed by atoms with Crippen LogP contribution in [0, 0.1) is 6.92 Å². The van der Waals surface area contributed by atoms with E-state index in [1.807, 2.05) is 20.8 Å². The van der Waals surface area contributed by atoms with Crippen molar-refractivity contribution < 1.29 is 14.6 Å². The first-order chi connectivity index (χ1) is 7.57. The van der Waals surface area contributed by atoms with E-state index in [-0.39, 0.29) is 0 Å². The molecule has 0 saturated carbocycles. The third kappa shape index (κ3) is 3.79. The number of hydrogen-bond acceptors (Lipinski definition) is 3. The van der Waals surface area contributed by atoms with Crippen molar-refractivity contribution in [2.75, 3.05) is 6.61 Å². The van der Waals surface area contributed by atoms with Gasteiger partial charge in [0, 0.05) is 0 Å². The van der Waals surface area contributed by atoms with Crippen LogP contribution in [0.2, 0.25) is 0 Å². The predicted molar refractivity (Wildman–Crippen MR) is 70.8 cm³/mol. The third-order valence-electron chi connectivity index (χ3n) is 1.68. The highest BCUT2D eigenvalue weighted by atomic mass is 79.9. The normalized spacial score (nSPS) is 9.31. The molecule has 0 radical (unpaired) electrons. The fourth-order valence-electron chi connectivity index (χ4n) is 0.958. The van der Waals surface area contributed by atoms with Gasteiger partial charge in [-0.15, -0.1) is 0 Å². The Morgan fingerprint density at radius 1 is 1.50 bits per heavy atom. The van der Waals surface area contributed by atoms with Crippen molar-refractivity contribution >= 4 is 33.2 Å². The van der Waals surface area contributed by atoms with E-state index in [0.29, 0.717) is 16.5 Å². The summed E-state index contributed by atoms with van der Waals surface area (Å²) < 4.78 is 6.16. The molecule has 0 unspecified atom stereocenters. The van der Waals surface area contributed by atoms with Gasteiger partial charge in [0.2, 0.25) is 0 Å². The van der Waals surface area contributed by atoms with Gasteiger partial charge >= 0.3 is 5.97 Å². The van der Waals surface area contributed by atoms with Gasteiger partial charge in [0.1, 0.15) is 4.88 Å².